The van der Waals surface area contributed by atoms with Crippen molar-refractivity contribution in [1.82, 2.24) is 0 Å². The molecule has 2 heteroatoms. The quantitative estimate of drug-likeness (QED) is 0.0443. The number of hydrogen-bond donors (Lipinski definition) is 0. The second-order valence-electron chi connectivity index (χ2n) is 12.6. The molecule has 0 atom stereocenters. The highest BCUT2D eigenvalue weighted by molar-refractivity contribution is 5.69. The predicted molar refractivity (Wildman–Crippen MR) is 179 cm³/mol. The molecule has 0 bridgehead atoms. The van der Waals surface area contributed by atoms with Crippen molar-refractivity contribution in [3.63, 3.8) is 0 Å². The van der Waals surface area contributed by atoms with Crippen molar-refractivity contribution in [1.29, 1.82) is 0 Å². The summed E-state index contributed by atoms with van der Waals surface area (Å²) in [6.45, 7) is 5.20. The number of rotatable bonds is 34. The van der Waals surface area contributed by atoms with Crippen LogP contribution >= 0.6 is 0 Å². The lowest BCUT2D eigenvalue weighted by Crippen LogP contribution is -2.05. The van der Waals surface area contributed by atoms with Gasteiger partial charge in [0.1, 0.15) is 0 Å². The Labute approximate surface area is 253 Å². The number of allylic oxidation sites excluding steroid dienone is 2. The number of carbonyl (C=O) groups is 1. The van der Waals surface area contributed by atoms with Crippen LogP contribution in [0.15, 0.2) is 12.2 Å². The van der Waals surface area contributed by atoms with Gasteiger partial charge in [-0.15, -0.1) is 0 Å². The summed E-state index contributed by atoms with van der Waals surface area (Å²) in [6.07, 6.45) is 47.1. The number of hydrogen-bond acceptors (Lipinski definition) is 2. The van der Waals surface area contributed by atoms with E-state index in [9.17, 15) is 4.79 Å². The first kappa shape index (κ1) is 39.2. The molecule has 0 aromatic heterocycles. The summed E-state index contributed by atoms with van der Waals surface area (Å²) in [5.41, 5.74) is 0. The summed E-state index contributed by atoms with van der Waals surface area (Å²) in [4.78, 5) is 11.9. The SMILES string of the molecule is CCCCCCCC/C=C\CCCCCCCCCCCC(=O)OCCCCCCCCCCCCCCCC. The summed E-state index contributed by atoms with van der Waals surface area (Å²) in [6, 6.07) is 0. The molecule has 0 saturated carbocycles. The van der Waals surface area contributed by atoms with Gasteiger partial charge >= 0.3 is 5.97 Å². The first-order chi connectivity index (χ1) is 19.8. The Morgan fingerprint density at radius 3 is 1.07 bits per heavy atom. The molecular weight excluding hydrogens is 488 g/mol. The molecule has 0 N–H and O–H groups in total. The van der Waals surface area contributed by atoms with Crippen LogP contribution in [0.2, 0.25) is 0 Å². The lowest BCUT2D eigenvalue weighted by Gasteiger charge is -2.06. The molecule has 0 amide bonds. The Morgan fingerprint density at radius 1 is 0.400 bits per heavy atom. The maximum Gasteiger partial charge on any atom is 0.305 e. The molecule has 0 spiro atoms. The summed E-state index contributed by atoms with van der Waals surface area (Å²) in [5, 5.41) is 0. The van der Waals surface area contributed by atoms with E-state index >= 15 is 0 Å². The fourth-order valence-electron chi connectivity index (χ4n) is 5.60. The average molecular weight is 563 g/mol. The molecule has 0 radical (unpaired) electrons. The zero-order valence-corrected chi connectivity index (χ0v) is 27.8. The van der Waals surface area contributed by atoms with Crippen molar-refractivity contribution in [3.05, 3.63) is 12.2 Å². The van der Waals surface area contributed by atoms with Gasteiger partial charge in [0.25, 0.3) is 0 Å². The first-order valence-electron chi connectivity index (χ1n) is 18.6. The molecule has 0 aliphatic rings. The summed E-state index contributed by atoms with van der Waals surface area (Å²) < 4.78 is 5.44. The first-order valence-corrected chi connectivity index (χ1v) is 18.6. The van der Waals surface area contributed by atoms with Crippen molar-refractivity contribution in [2.45, 2.75) is 219 Å². The van der Waals surface area contributed by atoms with Crippen LogP contribution in [0.5, 0.6) is 0 Å². The molecule has 0 aliphatic carbocycles. The molecular formula is C38H74O2. The van der Waals surface area contributed by atoms with Crippen molar-refractivity contribution < 1.29 is 9.53 Å². The average Bonchev–Trinajstić information content (AvgIpc) is 2.96. The summed E-state index contributed by atoms with van der Waals surface area (Å²) in [5.74, 6) is 0.0238. The van der Waals surface area contributed by atoms with Gasteiger partial charge in [-0.05, 0) is 38.5 Å². The van der Waals surface area contributed by atoms with Gasteiger partial charge in [0.05, 0.1) is 6.61 Å². The van der Waals surface area contributed by atoms with Gasteiger partial charge in [-0.25, -0.2) is 0 Å². The van der Waals surface area contributed by atoms with Gasteiger partial charge in [0.15, 0.2) is 0 Å². The van der Waals surface area contributed by atoms with Crippen LogP contribution in [0.3, 0.4) is 0 Å². The van der Waals surface area contributed by atoms with Gasteiger partial charge in [0.2, 0.25) is 0 Å². The van der Waals surface area contributed by atoms with E-state index in [2.05, 4.69) is 26.0 Å². The van der Waals surface area contributed by atoms with Crippen LogP contribution in [0.25, 0.3) is 0 Å². The third kappa shape index (κ3) is 35.2. The van der Waals surface area contributed by atoms with Crippen molar-refractivity contribution >= 4 is 5.97 Å². The van der Waals surface area contributed by atoms with E-state index < -0.39 is 0 Å². The fraction of sp³-hybridized carbons (Fsp3) is 0.921. The molecule has 0 fully saturated rings. The maximum atomic E-state index is 11.9. The highest BCUT2D eigenvalue weighted by Gasteiger charge is 2.02. The lowest BCUT2D eigenvalue weighted by atomic mass is 10.0. The molecule has 0 unspecified atom stereocenters. The van der Waals surface area contributed by atoms with Gasteiger partial charge < -0.3 is 4.74 Å². The van der Waals surface area contributed by atoms with Gasteiger partial charge in [-0.1, -0.05) is 187 Å². The normalized spacial score (nSPS) is 11.6. The number of carbonyl (C=O) groups excluding carboxylic acids is 1. The summed E-state index contributed by atoms with van der Waals surface area (Å²) >= 11 is 0. The van der Waals surface area contributed by atoms with Crippen molar-refractivity contribution in [2.75, 3.05) is 6.61 Å². The third-order valence-corrected chi connectivity index (χ3v) is 8.40. The Morgan fingerprint density at radius 2 is 0.700 bits per heavy atom. The zero-order chi connectivity index (χ0) is 29.0. The number of ether oxygens (including phenoxy) is 1. The van der Waals surface area contributed by atoms with E-state index in [1.54, 1.807) is 0 Å². The Balaban J connectivity index is 3.18. The molecule has 0 aromatic rings. The topological polar surface area (TPSA) is 26.3 Å². The molecule has 0 heterocycles. The molecule has 40 heavy (non-hydrogen) atoms. The fourth-order valence-corrected chi connectivity index (χ4v) is 5.60. The molecule has 0 rings (SSSR count). The standard InChI is InChI=1S/C38H74O2/c1-3-5-7-9-11-13-15-17-19-20-21-22-23-24-26-28-30-32-34-36-38(39)40-37-35-33-31-29-27-25-18-16-14-12-10-8-6-4-2/h17,19H,3-16,18,20-37H2,1-2H3/b19-17-. The van der Waals surface area contributed by atoms with Crippen molar-refractivity contribution in [3.8, 4) is 0 Å². The van der Waals surface area contributed by atoms with Crippen LogP contribution in [-0.2, 0) is 9.53 Å². The number of esters is 1. The molecule has 238 valence electrons. The molecule has 2 nitrogen and oxygen atoms in total. The summed E-state index contributed by atoms with van der Waals surface area (Å²) in [7, 11) is 0. The molecule has 0 aromatic carbocycles. The van der Waals surface area contributed by atoms with E-state index in [1.165, 1.54) is 186 Å². The van der Waals surface area contributed by atoms with Crippen LogP contribution in [0.4, 0.5) is 0 Å². The lowest BCUT2D eigenvalue weighted by molar-refractivity contribution is -0.143. The third-order valence-electron chi connectivity index (χ3n) is 8.40. The van der Waals surface area contributed by atoms with Crippen LogP contribution < -0.4 is 0 Å². The monoisotopic (exact) mass is 563 g/mol. The largest absolute Gasteiger partial charge is 0.466 e. The zero-order valence-electron chi connectivity index (χ0n) is 27.8. The van der Waals surface area contributed by atoms with E-state index in [1.807, 2.05) is 0 Å². The van der Waals surface area contributed by atoms with E-state index in [4.69, 9.17) is 4.74 Å². The minimum Gasteiger partial charge on any atom is -0.466 e. The van der Waals surface area contributed by atoms with E-state index in [0.29, 0.717) is 13.0 Å². The molecule has 0 aliphatic heterocycles. The predicted octanol–water partition coefficient (Wildman–Crippen LogP) is 13.6. The minimum atomic E-state index is 0.0238. The number of unbranched alkanes of at least 4 members (excludes halogenated alkanes) is 28. The molecule has 0 saturated heterocycles. The Kier molecular flexibility index (Phi) is 35.5. The van der Waals surface area contributed by atoms with Crippen molar-refractivity contribution in [2.24, 2.45) is 0 Å². The second-order valence-corrected chi connectivity index (χ2v) is 12.6. The smallest absolute Gasteiger partial charge is 0.305 e. The van der Waals surface area contributed by atoms with Crippen LogP contribution in [0, 0.1) is 0 Å². The van der Waals surface area contributed by atoms with E-state index in [0.717, 1.165) is 12.8 Å². The van der Waals surface area contributed by atoms with E-state index in [-0.39, 0.29) is 5.97 Å². The van der Waals surface area contributed by atoms with Crippen LogP contribution in [-0.4, -0.2) is 12.6 Å². The minimum absolute atomic E-state index is 0.0238. The van der Waals surface area contributed by atoms with Gasteiger partial charge in [-0.2, -0.15) is 0 Å². The maximum absolute atomic E-state index is 11.9. The Hall–Kier alpha value is -0.790. The Bertz CT molecular complexity index is 498. The second kappa shape index (κ2) is 36.2. The highest BCUT2D eigenvalue weighted by Crippen LogP contribution is 2.14. The highest BCUT2D eigenvalue weighted by atomic mass is 16.5. The van der Waals surface area contributed by atoms with Gasteiger partial charge in [-0.3, -0.25) is 4.79 Å². The van der Waals surface area contributed by atoms with Gasteiger partial charge in [0, 0.05) is 6.42 Å². The van der Waals surface area contributed by atoms with Crippen LogP contribution in [0.1, 0.15) is 219 Å².